The number of hydrogen-bond donors (Lipinski definition) is 2. The predicted molar refractivity (Wildman–Crippen MR) is 98.1 cm³/mol. The van der Waals surface area contributed by atoms with Gasteiger partial charge in [-0.05, 0) is 40.0 Å². The van der Waals surface area contributed by atoms with Crippen molar-refractivity contribution in [2.45, 2.75) is 64.1 Å². The van der Waals surface area contributed by atoms with E-state index in [9.17, 15) is 14.4 Å². The molecule has 2 N–H and O–H groups in total. The number of nitrogens with one attached hydrogen (secondary N) is 2. The monoisotopic (exact) mass is 377 g/mol. The van der Waals surface area contributed by atoms with Gasteiger partial charge < -0.3 is 15.0 Å². The van der Waals surface area contributed by atoms with Crippen molar-refractivity contribution in [3.63, 3.8) is 0 Å². The van der Waals surface area contributed by atoms with Gasteiger partial charge in [0.25, 0.3) is 0 Å². The van der Waals surface area contributed by atoms with E-state index in [0.717, 1.165) is 18.5 Å². The molecule has 0 aromatic carbocycles. The van der Waals surface area contributed by atoms with Crippen LogP contribution in [0.1, 0.15) is 52.5 Å². The zero-order chi connectivity index (χ0) is 19.6. The number of ether oxygens (including phenoxy) is 1. The number of nitrogens with zero attached hydrogens (tertiary/aromatic N) is 3. The van der Waals surface area contributed by atoms with Crippen LogP contribution in [0.15, 0.2) is 12.4 Å². The molecule has 9 nitrogen and oxygen atoms in total. The van der Waals surface area contributed by atoms with Crippen molar-refractivity contribution < 1.29 is 19.1 Å². The molecular weight excluding hydrogens is 350 g/mol. The molecule has 1 unspecified atom stereocenters. The summed E-state index contributed by atoms with van der Waals surface area (Å²) in [5.74, 6) is -0.532. The van der Waals surface area contributed by atoms with Crippen LogP contribution >= 0.6 is 0 Å². The normalized spacial score (nSPS) is 21.7. The van der Waals surface area contributed by atoms with Gasteiger partial charge in [-0.2, -0.15) is 5.10 Å². The summed E-state index contributed by atoms with van der Waals surface area (Å²) in [5, 5.41) is 9.86. The van der Waals surface area contributed by atoms with Gasteiger partial charge in [-0.15, -0.1) is 0 Å². The minimum absolute atomic E-state index is 0.195. The lowest BCUT2D eigenvalue weighted by Gasteiger charge is -2.33. The first-order chi connectivity index (χ1) is 12.7. The molecule has 3 heterocycles. The SMILES string of the molecule is CC(C)(C)OC(=O)N1CCC(n2cc(NC3CCC(=O)NC3=O)cn2)CC1. The second-order valence-electron chi connectivity index (χ2n) is 8.06. The average Bonchev–Trinajstić information content (AvgIpc) is 3.05. The van der Waals surface area contributed by atoms with Gasteiger partial charge in [0.15, 0.2) is 0 Å². The molecule has 9 heteroatoms. The minimum atomic E-state index is -0.494. The predicted octanol–water partition coefficient (Wildman–Crippen LogP) is 1.67. The van der Waals surface area contributed by atoms with Gasteiger partial charge in [-0.25, -0.2) is 4.79 Å². The largest absolute Gasteiger partial charge is 0.444 e. The number of likely N-dealkylation sites (tertiary alicyclic amines) is 1. The third-order valence-electron chi connectivity index (χ3n) is 4.67. The molecule has 148 valence electrons. The maximum Gasteiger partial charge on any atom is 0.410 e. The Kier molecular flexibility index (Phi) is 5.38. The smallest absolute Gasteiger partial charge is 0.410 e. The second kappa shape index (κ2) is 7.58. The molecule has 1 aromatic rings. The number of piperidine rings is 2. The van der Waals surface area contributed by atoms with E-state index in [2.05, 4.69) is 15.7 Å². The average molecular weight is 377 g/mol. The summed E-state index contributed by atoms with van der Waals surface area (Å²) in [7, 11) is 0. The molecule has 3 rings (SSSR count). The van der Waals surface area contributed by atoms with Crippen molar-refractivity contribution in [3.05, 3.63) is 12.4 Å². The van der Waals surface area contributed by atoms with E-state index in [1.54, 1.807) is 11.1 Å². The number of anilines is 1. The molecule has 0 spiro atoms. The van der Waals surface area contributed by atoms with E-state index in [-0.39, 0.29) is 23.9 Å². The number of rotatable bonds is 3. The summed E-state index contributed by atoms with van der Waals surface area (Å²) in [6, 6.07) is -0.227. The maximum atomic E-state index is 12.1. The summed E-state index contributed by atoms with van der Waals surface area (Å²) in [6.07, 6.45) is 5.67. The van der Waals surface area contributed by atoms with Crippen LogP contribution in [0.3, 0.4) is 0 Å². The van der Waals surface area contributed by atoms with Crippen molar-refractivity contribution in [2.75, 3.05) is 18.4 Å². The first-order valence-corrected chi connectivity index (χ1v) is 9.33. The van der Waals surface area contributed by atoms with Gasteiger partial charge in [0.2, 0.25) is 11.8 Å². The number of carbonyl (C=O) groups excluding carboxylic acids is 3. The fourth-order valence-electron chi connectivity index (χ4n) is 3.28. The molecule has 0 bridgehead atoms. The van der Waals surface area contributed by atoms with Crippen LogP contribution in [0.25, 0.3) is 0 Å². The Balaban J connectivity index is 1.52. The molecule has 2 aliphatic rings. The molecule has 0 saturated carbocycles. The number of aromatic nitrogens is 2. The first-order valence-electron chi connectivity index (χ1n) is 9.33. The second-order valence-corrected chi connectivity index (χ2v) is 8.06. The fourth-order valence-corrected chi connectivity index (χ4v) is 3.28. The van der Waals surface area contributed by atoms with Gasteiger partial charge in [0, 0.05) is 25.7 Å². The van der Waals surface area contributed by atoms with Gasteiger partial charge in [-0.3, -0.25) is 19.6 Å². The Labute approximate surface area is 158 Å². The lowest BCUT2D eigenvalue weighted by Crippen LogP contribution is -2.47. The highest BCUT2D eigenvalue weighted by Crippen LogP contribution is 2.25. The Morgan fingerprint density at radius 1 is 1.26 bits per heavy atom. The van der Waals surface area contributed by atoms with Crippen LogP contribution < -0.4 is 10.6 Å². The van der Waals surface area contributed by atoms with Crippen LogP contribution in [0.4, 0.5) is 10.5 Å². The molecule has 2 aliphatic heterocycles. The van der Waals surface area contributed by atoms with E-state index >= 15 is 0 Å². The molecule has 27 heavy (non-hydrogen) atoms. The Morgan fingerprint density at radius 3 is 2.59 bits per heavy atom. The Bertz CT molecular complexity index is 716. The van der Waals surface area contributed by atoms with Gasteiger partial charge in [-0.1, -0.05) is 0 Å². The van der Waals surface area contributed by atoms with Crippen LogP contribution in [0.5, 0.6) is 0 Å². The Hall–Kier alpha value is -2.58. The van der Waals surface area contributed by atoms with E-state index < -0.39 is 11.6 Å². The van der Waals surface area contributed by atoms with Crippen LogP contribution in [-0.2, 0) is 14.3 Å². The topological polar surface area (TPSA) is 106 Å². The van der Waals surface area contributed by atoms with Gasteiger partial charge >= 0.3 is 6.09 Å². The van der Waals surface area contributed by atoms with Crippen molar-refractivity contribution in [1.82, 2.24) is 20.0 Å². The zero-order valence-electron chi connectivity index (χ0n) is 16.0. The van der Waals surface area contributed by atoms with Crippen molar-refractivity contribution in [2.24, 2.45) is 0 Å². The minimum Gasteiger partial charge on any atom is -0.444 e. The van der Waals surface area contributed by atoms with Crippen molar-refractivity contribution in [1.29, 1.82) is 0 Å². The van der Waals surface area contributed by atoms with E-state index in [1.165, 1.54) is 0 Å². The van der Waals surface area contributed by atoms with Crippen molar-refractivity contribution in [3.8, 4) is 0 Å². The number of imide groups is 1. The Morgan fingerprint density at radius 2 is 1.96 bits per heavy atom. The number of carbonyl (C=O) groups is 3. The maximum absolute atomic E-state index is 12.1. The molecule has 0 aliphatic carbocycles. The molecule has 2 saturated heterocycles. The molecule has 0 radical (unpaired) electrons. The van der Waals surface area contributed by atoms with Gasteiger partial charge in [0.05, 0.1) is 17.9 Å². The lowest BCUT2D eigenvalue weighted by atomic mass is 10.1. The highest BCUT2D eigenvalue weighted by atomic mass is 16.6. The third kappa shape index (κ3) is 4.99. The molecular formula is C18H27N5O4. The number of hydrogen-bond acceptors (Lipinski definition) is 6. The third-order valence-corrected chi connectivity index (χ3v) is 4.67. The van der Waals surface area contributed by atoms with Crippen LogP contribution in [0, 0.1) is 0 Å². The molecule has 3 amide bonds. The van der Waals surface area contributed by atoms with E-state index in [1.807, 2.05) is 31.6 Å². The summed E-state index contributed by atoms with van der Waals surface area (Å²) < 4.78 is 7.29. The summed E-state index contributed by atoms with van der Waals surface area (Å²) in [5.41, 5.74) is 0.256. The number of amides is 3. The van der Waals surface area contributed by atoms with Crippen LogP contribution in [0.2, 0.25) is 0 Å². The highest BCUT2D eigenvalue weighted by molar-refractivity contribution is 6.01. The first kappa shape index (κ1) is 19.2. The zero-order valence-corrected chi connectivity index (χ0v) is 16.0. The quantitative estimate of drug-likeness (QED) is 0.777. The fraction of sp³-hybridized carbons (Fsp3) is 0.667. The molecule has 1 aromatic heterocycles. The molecule has 2 fully saturated rings. The van der Waals surface area contributed by atoms with E-state index in [0.29, 0.717) is 25.9 Å². The molecule has 1 atom stereocenters. The van der Waals surface area contributed by atoms with Gasteiger partial charge in [0.1, 0.15) is 11.6 Å². The highest BCUT2D eigenvalue weighted by Gasteiger charge is 2.29. The summed E-state index contributed by atoms with van der Waals surface area (Å²) in [6.45, 7) is 6.82. The lowest BCUT2D eigenvalue weighted by molar-refractivity contribution is -0.133. The standard InChI is InChI=1S/C18H27N5O4/c1-18(2,3)27-17(26)22-8-6-13(7-9-22)23-11-12(10-19-23)20-14-4-5-15(24)21-16(14)25/h10-11,13-14,20H,4-9H2,1-3H3,(H,21,24,25). The summed E-state index contributed by atoms with van der Waals surface area (Å²) >= 11 is 0. The van der Waals surface area contributed by atoms with Crippen molar-refractivity contribution >= 4 is 23.6 Å². The summed E-state index contributed by atoms with van der Waals surface area (Å²) in [4.78, 5) is 36.9. The van der Waals surface area contributed by atoms with E-state index in [4.69, 9.17) is 4.74 Å². The van der Waals surface area contributed by atoms with Crippen LogP contribution in [-0.4, -0.2) is 57.3 Å².